The van der Waals surface area contributed by atoms with E-state index in [4.69, 9.17) is 28.9 Å². The van der Waals surface area contributed by atoms with Crippen LogP contribution in [0.5, 0.6) is 0 Å². The zero-order chi connectivity index (χ0) is 18.0. The summed E-state index contributed by atoms with van der Waals surface area (Å²) >= 11 is 12.5. The highest BCUT2D eigenvalue weighted by atomic mass is 35.5. The highest BCUT2D eigenvalue weighted by molar-refractivity contribution is 6.36. The van der Waals surface area contributed by atoms with E-state index in [1.165, 1.54) is 0 Å². The van der Waals surface area contributed by atoms with Gasteiger partial charge in [-0.3, -0.25) is 0 Å². The number of nitrogen functional groups attached to an aromatic ring is 1. The molecule has 3 nitrogen and oxygen atoms in total. The number of nitrogens with two attached hydrogens (primary N) is 1. The molecular weight excluding hydrogens is 353 g/mol. The van der Waals surface area contributed by atoms with Crippen molar-refractivity contribution in [3.8, 4) is 23.3 Å². The minimum absolute atomic E-state index is 0.255. The van der Waals surface area contributed by atoms with Crippen LogP contribution in [0.2, 0.25) is 10.0 Å². The average molecular weight is 370 g/mol. The van der Waals surface area contributed by atoms with E-state index in [-0.39, 0.29) is 5.69 Å². The first-order valence-electron chi connectivity index (χ1n) is 8.31. The standard InChI is InChI=1S/C20H17Cl2N3/c21-12-7-8-15(18(22)9-12)19-14-6-4-2-1-3-5-13(14)16(10-23)20(25)17(19)11-24/h7-9H,1-6,25H2. The Morgan fingerprint density at radius 2 is 1.52 bits per heavy atom. The van der Waals surface area contributed by atoms with Crippen molar-refractivity contribution >= 4 is 28.9 Å². The molecule has 126 valence electrons. The Hall–Kier alpha value is -2.20. The number of anilines is 1. The second-order valence-electron chi connectivity index (χ2n) is 6.26. The van der Waals surface area contributed by atoms with Crippen LogP contribution in [0.1, 0.15) is 47.9 Å². The van der Waals surface area contributed by atoms with E-state index in [1.807, 2.05) is 6.07 Å². The predicted octanol–water partition coefficient (Wildman–Crippen LogP) is 5.64. The van der Waals surface area contributed by atoms with Gasteiger partial charge in [0.25, 0.3) is 0 Å². The molecule has 0 fully saturated rings. The van der Waals surface area contributed by atoms with E-state index in [1.54, 1.807) is 12.1 Å². The molecule has 1 aliphatic carbocycles. The summed E-state index contributed by atoms with van der Waals surface area (Å²) in [4.78, 5) is 0. The van der Waals surface area contributed by atoms with Crippen molar-refractivity contribution in [2.75, 3.05) is 5.73 Å². The third-order valence-corrected chi connectivity index (χ3v) is 5.33. The molecular formula is C20H17Cl2N3. The highest BCUT2D eigenvalue weighted by Gasteiger charge is 2.25. The Balaban J connectivity index is 2.41. The number of nitriles is 2. The van der Waals surface area contributed by atoms with Crippen molar-refractivity contribution in [3.63, 3.8) is 0 Å². The summed E-state index contributed by atoms with van der Waals surface area (Å²) in [7, 11) is 0. The number of fused-ring (bicyclic) bond motifs is 1. The summed E-state index contributed by atoms with van der Waals surface area (Å²) in [6.45, 7) is 0. The summed E-state index contributed by atoms with van der Waals surface area (Å²) < 4.78 is 0. The van der Waals surface area contributed by atoms with Gasteiger partial charge < -0.3 is 5.73 Å². The lowest BCUT2D eigenvalue weighted by atomic mass is 9.81. The van der Waals surface area contributed by atoms with Crippen molar-refractivity contribution in [1.29, 1.82) is 10.5 Å². The molecule has 25 heavy (non-hydrogen) atoms. The van der Waals surface area contributed by atoms with Crippen molar-refractivity contribution in [3.05, 3.63) is 50.5 Å². The Kier molecular flexibility index (Phi) is 5.19. The normalized spacial score (nSPS) is 13.9. The molecule has 0 saturated heterocycles. The molecule has 2 aromatic carbocycles. The molecule has 0 amide bonds. The van der Waals surface area contributed by atoms with Gasteiger partial charge in [-0.25, -0.2) is 0 Å². The zero-order valence-corrected chi connectivity index (χ0v) is 15.2. The lowest BCUT2D eigenvalue weighted by Crippen LogP contribution is -2.10. The average Bonchev–Trinajstić information content (AvgIpc) is 2.56. The van der Waals surface area contributed by atoms with E-state index >= 15 is 0 Å². The van der Waals surface area contributed by atoms with Crippen LogP contribution in [-0.4, -0.2) is 0 Å². The van der Waals surface area contributed by atoms with Gasteiger partial charge in [0.15, 0.2) is 0 Å². The van der Waals surface area contributed by atoms with Gasteiger partial charge in [-0.1, -0.05) is 42.1 Å². The van der Waals surface area contributed by atoms with Crippen LogP contribution in [0.4, 0.5) is 5.69 Å². The van der Waals surface area contributed by atoms with Gasteiger partial charge in [-0.05, 0) is 48.9 Å². The van der Waals surface area contributed by atoms with Gasteiger partial charge in [-0.2, -0.15) is 10.5 Å². The summed E-state index contributed by atoms with van der Waals surface area (Å²) in [5.74, 6) is 0. The SMILES string of the molecule is N#Cc1c(N)c(C#N)c(-c2ccc(Cl)cc2Cl)c2c1CCCCCC2. The van der Waals surface area contributed by atoms with Gasteiger partial charge in [-0.15, -0.1) is 0 Å². The van der Waals surface area contributed by atoms with Crippen LogP contribution < -0.4 is 5.73 Å². The first-order valence-corrected chi connectivity index (χ1v) is 9.06. The smallest absolute Gasteiger partial charge is 0.102 e. The maximum Gasteiger partial charge on any atom is 0.102 e. The maximum absolute atomic E-state index is 9.74. The first kappa shape index (κ1) is 17.6. The third-order valence-electron chi connectivity index (χ3n) is 4.78. The number of hydrogen-bond acceptors (Lipinski definition) is 3. The fraction of sp³-hybridized carbons (Fsp3) is 0.300. The zero-order valence-electron chi connectivity index (χ0n) is 13.7. The Morgan fingerprint density at radius 1 is 0.880 bits per heavy atom. The minimum Gasteiger partial charge on any atom is -0.397 e. The van der Waals surface area contributed by atoms with Gasteiger partial charge in [0.2, 0.25) is 0 Å². The molecule has 0 heterocycles. The van der Waals surface area contributed by atoms with E-state index in [0.29, 0.717) is 21.2 Å². The van der Waals surface area contributed by atoms with Gasteiger partial charge >= 0.3 is 0 Å². The molecule has 0 atom stereocenters. The quantitative estimate of drug-likeness (QED) is 0.660. The number of rotatable bonds is 1. The molecule has 0 bridgehead atoms. The number of hydrogen-bond donors (Lipinski definition) is 1. The van der Waals surface area contributed by atoms with E-state index in [9.17, 15) is 10.5 Å². The Labute approximate surface area is 157 Å². The van der Waals surface area contributed by atoms with Gasteiger partial charge in [0.05, 0.1) is 16.8 Å². The predicted molar refractivity (Wildman–Crippen MR) is 102 cm³/mol. The largest absolute Gasteiger partial charge is 0.397 e. The van der Waals surface area contributed by atoms with Gasteiger partial charge in [0, 0.05) is 21.2 Å². The summed E-state index contributed by atoms with van der Waals surface area (Å²) in [6.07, 6.45) is 5.92. The van der Waals surface area contributed by atoms with Crippen molar-refractivity contribution in [2.45, 2.75) is 38.5 Å². The fourth-order valence-corrected chi connectivity index (χ4v) is 4.12. The van der Waals surface area contributed by atoms with Crippen LogP contribution in [0.3, 0.4) is 0 Å². The Morgan fingerprint density at radius 3 is 2.12 bits per heavy atom. The molecule has 5 heteroatoms. The van der Waals surface area contributed by atoms with Crippen molar-refractivity contribution in [2.24, 2.45) is 0 Å². The fourth-order valence-electron chi connectivity index (χ4n) is 3.62. The summed E-state index contributed by atoms with van der Waals surface area (Å²) in [5, 5.41) is 20.4. The molecule has 0 unspecified atom stereocenters. The molecule has 0 aliphatic heterocycles. The second kappa shape index (κ2) is 7.36. The van der Waals surface area contributed by atoms with E-state index in [2.05, 4.69) is 12.1 Å². The highest BCUT2D eigenvalue weighted by Crippen LogP contribution is 2.42. The van der Waals surface area contributed by atoms with Crippen LogP contribution in [0, 0.1) is 22.7 Å². The van der Waals surface area contributed by atoms with Crippen LogP contribution in [0.25, 0.3) is 11.1 Å². The van der Waals surface area contributed by atoms with Crippen molar-refractivity contribution < 1.29 is 0 Å². The third kappa shape index (κ3) is 3.19. The monoisotopic (exact) mass is 369 g/mol. The Bertz CT molecular complexity index is 920. The first-order chi connectivity index (χ1) is 12.1. The topological polar surface area (TPSA) is 73.6 Å². The number of nitrogens with zero attached hydrogens (tertiary/aromatic N) is 2. The molecule has 1 aliphatic rings. The van der Waals surface area contributed by atoms with Crippen LogP contribution >= 0.6 is 23.2 Å². The van der Waals surface area contributed by atoms with E-state index in [0.717, 1.165) is 60.8 Å². The molecule has 2 aromatic rings. The maximum atomic E-state index is 9.74. The summed E-state index contributed by atoms with van der Waals surface area (Å²) in [6, 6.07) is 9.67. The van der Waals surface area contributed by atoms with Crippen LogP contribution in [0.15, 0.2) is 18.2 Å². The molecule has 3 rings (SSSR count). The molecule has 0 aromatic heterocycles. The van der Waals surface area contributed by atoms with Crippen molar-refractivity contribution in [1.82, 2.24) is 0 Å². The van der Waals surface area contributed by atoms with Gasteiger partial charge in [0.1, 0.15) is 12.1 Å². The number of halogens is 2. The lowest BCUT2D eigenvalue weighted by molar-refractivity contribution is 0.617. The molecule has 0 spiro atoms. The minimum atomic E-state index is 0.255. The molecule has 0 saturated carbocycles. The second-order valence-corrected chi connectivity index (χ2v) is 7.10. The lowest BCUT2D eigenvalue weighted by Gasteiger charge is -2.23. The van der Waals surface area contributed by atoms with Crippen LogP contribution in [-0.2, 0) is 12.8 Å². The van der Waals surface area contributed by atoms with E-state index < -0.39 is 0 Å². The number of benzene rings is 2. The molecule has 2 N–H and O–H groups in total. The summed E-state index contributed by atoms with van der Waals surface area (Å²) in [5.41, 5.74) is 10.8. The molecule has 0 radical (unpaired) electrons.